The van der Waals surface area contributed by atoms with Crippen molar-refractivity contribution in [3.63, 3.8) is 0 Å². The lowest BCUT2D eigenvalue weighted by Gasteiger charge is -2.05. The largest absolute Gasteiger partial charge is 0.476 e. The number of carboxylic acids is 1. The van der Waals surface area contributed by atoms with Gasteiger partial charge in [0.15, 0.2) is 5.69 Å². The zero-order chi connectivity index (χ0) is 14.5. The van der Waals surface area contributed by atoms with E-state index < -0.39 is 11.9 Å². The number of carbonyl (C=O) groups is 2. The maximum Gasteiger partial charge on any atom is 0.356 e. The van der Waals surface area contributed by atoms with Gasteiger partial charge in [0.25, 0.3) is 0 Å². The third-order valence-electron chi connectivity index (χ3n) is 2.55. The Labute approximate surface area is 114 Å². The van der Waals surface area contributed by atoms with Crippen LogP contribution < -0.4 is 0 Å². The summed E-state index contributed by atoms with van der Waals surface area (Å²) in [6.07, 6.45) is 1.91. The van der Waals surface area contributed by atoms with Crippen LogP contribution in [0.15, 0.2) is 30.5 Å². The Kier molecular flexibility index (Phi) is 4.09. The summed E-state index contributed by atoms with van der Waals surface area (Å²) in [5.41, 5.74) is 0.859. The molecule has 0 saturated heterocycles. The van der Waals surface area contributed by atoms with Crippen molar-refractivity contribution >= 4 is 11.9 Å². The standard InChI is InChI=1S/C13H13N3O4/c1-2-7-20-13(19)9-3-5-10(6-4-9)16-11(12(17)18)8-14-15-16/h3-6,8H,2,7H2,1H3,(H,17,18). The topological polar surface area (TPSA) is 94.3 Å². The molecule has 0 aliphatic heterocycles. The van der Waals surface area contributed by atoms with Gasteiger partial charge in [0, 0.05) is 0 Å². The van der Waals surface area contributed by atoms with Gasteiger partial charge in [0.2, 0.25) is 0 Å². The molecule has 104 valence electrons. The summed E-state index contributed by atoms with van der Waals surface area (Å²) < 4.78 is 6.19. The summed E-state index contributed by atoms with van der Waals surface area (Å²) >= 11 is 0. The summed E-state index contributed by atoms with van der Waals surface area (Å²) in [5.74, 6) is -1.53. The number of benzene rings is 1. The quantitative estimate of drug-likeness (QED) is 0.831. The molecule has 7 nitrogen and oxygen atoms in total. The first-order valence-electron chi connectivity index (χ1n) is 6.05. The Balaban J connectivity index is 2.22. The molecule has 0 saturated carbocycles. The molecular weight excluding hydrogens is 262 g/mol. The maximum atomic E-state index is 11.6. The molecule has 20 heavy (non-hydrogen) atoms. The number of esters is 1. The van der Waals surface area contributed by atoms with E-state index in [1.165, 1.54) is 4.68 Å². The van der Waals surface area contributed by atoms with Crippen LogP contribution in [0.3, 0.4) is 0 Å². The number of aromatic nitrogens is 3. The summed E-state index contributed by atoms with van der Waals surface area (Å²) in [4.78, 5) is 22.6. The van der Waals surface area contributed by atoms with E-state index in [0.29, 0.717) is 17.9 Å². The number of ether oxygens (including phenoxy) is 1. The van der Waals surface area contributed by atoms with Gasteiger partial charge in [-0.2, -0.15) is 0 Å². The molecule has 0 radical (unpaired) electrons. The molecule has 2 rings (SSSR count). The molecule has 0 atom stereocenters. The second kappa shape index (κ2) is 5.96. The van der Waals surface area contributed by atoms with Gasteiger partial charge >= 0.3 is 11.9 Å². The van der Waals surface area contributed by atoms with E-state index in [-0.39, 0.29) is 5.69 Å². The van der Waals surface area contributed by atoms with Gasteiger partial charge in [0.05, 0.1) is 24.1 Å². The molecule has 0 aliphatic carbocycles. The van der Waals surface area contributed by atoms with Crippen molar-refractivity contribution in [3.8, 4) is 5.69 Å². The zero-order valence-corrected chi connectivity index (χ0v) is 10.8. The van der Waals surface area contributed by atoms with Crippen molar-refractivity contribution in [1.29, 1.82) is 0 Å². The molecule has 0 spiro atoms. The van der Waals surface area contributed by atoms with Gasteiger partial charge < -0.3 is 9.84 Å². The number of hydrogen-bond donors (Lipinski definition) is 1. The first-order valence-corrected chi connectivity index (χ1v) is 6.05. The summed E-state index contributed by atoms with van der Waals surface area (Å²) in [6.45, 7) is 2.28. The second-order valence-electron chi connectivity index (χ2n) is 4.02. The minimum atomic E-state index is -1.12. The third kappa shape index (κ3) is 2.82. The van der Waals surface area contributed by atoms with E-state index in [0.717, 1.165) is 12.6 Å². The average molecular weight is 275 g/mol. The number of aromatic carboxylic acids is 1. The van der Waals surface area contributed by atoms with Crippen LogP contribution in [0, 0.1) is 0 Å². The molecule has 7 heteroatoms. The van der Waals surface area contributed by atoms with Crippen molar-refractivity contribution < 1.29 is 19.4 Å². The third-order valence-corrected chi connectivity index (χ3v) is 2.55. The lowest BCUT2D eigenvalue weighted by atomic mass is 10.2. The molecule has 0 aliphatic rings. The first kappa shape index (κ1) is 13.7. The number of rotatable bonds is 5. The van der Waals surface area contributed by atoms with E-state index in [9.17, 15) is 9.59 Å². The highest BCUT2D eigenvalue weighted by atomic mass is 16.5. The zero-order valence-electron chi connectivity index (χ0n) is 10.8. The van der Waals surface area contributed by atoms with E-state index >= 15 is 0 Å². The molecule has 1 N–H and O–H groups in total. The molecule has 0 unspecified atom stereocenters. The van der Waals surface area contributed by atoms with Gasteiger partial charge in [-0.3, -0.25) is 0 Å². The maximum absolute atomic E-state index is 11.6. The van der Waals surface area contributed by atoms with Crippen molar-refractivity contribution in [1.82, 2.24) is 15.0 Å². The van der Waals surface area contributed by atoms with E-state index in [1.807, 2.05) is 6.92 Å². The number of hydrogen-bond acceptors (Lipinski definition) is 5. The fraction of sp³-hybridized carbons (Fsp3) is 0.231. The van der Waals surface area contributed by atoms with E-state index in [4.69, 9.17) is 9.84 Å². The van der Waals surface area contributed by atoms with Gasteiger partial charge in [0.1, 0.15) is 0 Å². The predicted octanol–water partition coefficient (Wildman–Crippen LogP) is 1.53. The van der Waals surface area contributed by atoms with Crippen LogP contribution in [0.5, 0.6) is 0 Å². The lowest BCUT2D eigenvalue weighted by molar-refractivity contribution is 0.0504. The average Bonchev–Trinajstić information content (AvgIpc) is 2.94. The van der Waals surface area contributed by atoms with E-state index in [2.05, 4.69) is 10.3 Å². The Morgan fingerprint density at radius 1 is 1.30 bits per heavy atom. The SMILES string of the molecule is CCCOC(=O)c1ccc(-n2nncc2C(=O)O)cc1. The van der Waals surface area contributed by atoms with Gasteiger partial charge in [-0.15, -0.1) is 5.10 Å². The normalized spacial score (nSPS) is 10.2. The minimum absolute atomic E-state index is 0.0497. The highest BCUT2D eigenvalue weighted by Gasteiger charge is 2.13. The van der Waals surface area contributed by atoms with Crippen molar-refractivity contribution in [2.24, 2.45) is 0 Å². The van der Waals surface area contributed by atoms with Gasteiger partial charge in [-0.25, -0.2) is 14.3 Å². The number of carbonyl (C=O) groups excluding carboxylic acids is 1. The van der Waals surface area contributed by atoms with Crippen LogP contribution in [0.2, 0.25) is 0 Å². The number of carboxylic acid groups (broad SMARTS) is 1. The fourth-order valence-electron chi connectivity index (χ4n) is 1.59. The van der Waals surface area contributed by atoms with Crippen molar-refractivity contribution in [2.75, 3.05) is 6.61 Å². The van der Waals surface area contributed by atoms with E-state index in [1.54, 1.807) is 24.3 Å². The monoisotopic (exact) mass is 275 g/mol. The van der Waals surface area contributed by atoms with Crippen LogP contribution in [0.4, 0.5) is 0 Å². The summed E-state index contributed by atoms with van der Waals surface area (Å²) in [5, 5.41) is 16.2. The highest BCUT2D eigenvalue weighted by Crippen LogP contribution is 2.12. The van der Waals surface area contributed by atoms with Gasteiger partial charge in [-0.1, -0.05) is 12.1 Å². The van der Waals surface area contributed by atoms with Crippen molar-refractivity contribution in [3.05, 3.63) is 41.7 Å². The van der Waals surface area contributed by atoms with Gasteiger partial charge in [-0.05, 0) is 30.7 Å². The summed E-state index contributed by atoms with van der Waals surface area (Å²) in [6, 6.07) is 6.29. The molecule has 2 aromatic rings. The first-order chi connectivity index (χ1) is 9.63. The van der Waals surface area contributed by atoms with Crippen LogP contribution in [-0.4, -0.2) is 38.6 Å². The molecule has 0 amide bonds. The Morgan fingerprint density at radius 3 is 2.60 bits per heavy atom. The molecule has 1 aromatic carbocycles. The number of nitrogens with zero attached hydrogens (tertiary/aromatic N) is 3. The highest BCUT2D eigenvalue weighted by molar-refractivity contribution is 5.89. The lowest BCUT2D eigenvalue weighted by Crippen LogP contribution is -2.09. The van der Waals surface area contributed by atoms with Crippen LogP contribution in [-0.2, 0) is 4.74 Å². The molecule has 1 aromatic heterocycles. The molecule has 0 fully saturated rings. The molecule has 1 heterocycles. The Morgan fingerprint density at radius 2 is 2.00 bits per heavy atom. The summed E-state index contributed by atoms with van der Waals surface area (Å²) in [7, 11) is 0. The fourth-order valence-corrected chi connectivity index (χ4v) is 1.59. The van der Waals surface area contributed by atoms with Crippen LogP contribution >= 0.6 is 0 Å². The molecular formula is C13H13N3O4. The Hall–Kier alpha value is -2.70. The van der Waals surface area contributed by atoms with Crippen molar-refractivity contribution in [2.45, 2.75) is 13.3 Å². The smallest absolute Gasteiger partial charge is 0.356 e. The second-order valence-corrected chi connectivity index (χ2v) is 4.02. The predicted molar refractivity (Wildman–Crippen MR) is 68.9 cm³/mol. The van der Waals surface area contributed by atoms with Crippen LogP contribution in [0.25, 0.3) is 5.69 Å². The Bertz CT molecular complexity index is 619. The molecule has 0 bridgehead atoms. The minimum Gasteiger partial charge on any atom is -0.476 e. The van der Waals surface area contributed by atoms with Crippen LogP contribution in [0.1, 0.15) is 34.2 Å².